The van der Waals surface area contributed by atoms with Crippen molar-refractivity contribution in [1.29, 1.82) is 0 Å². The molecule has 0 aliphatic rings. The van der Waals surface area contributed by atoms with Gasteiger partial charge in [0.15, 0.2) is 0 Å². The van der Waals surface area contributed by atoms with E-state index in [1.807, 2.05) is 0 Å². The molecule has 1 aromatic rings. The van der Waals surface area contributed by atoms with Crippen LogP contribution in [-0.4, -0.2) is 39.5 Å². The maximum atomic E-state index is 6.93. The molecule has 0 heterocycles. The molecule has 0 atom stereocenters. The van der Waals surface area contributed by atoms with Crippen LogP contribution in [0.15, 0.2) is 24.3 Å². The predicted octanol–water partition coefficient (Wildman–Crippen LogP) is 8.14. The number of rotatable bonds is 18. The van der Waals surface area contributed by atoms with E-state index >= 15 is 0 Å². The van der Waals surface area contributed by atoms with Crippen LogP contribution in [0.1, 0.15) is 90.0 Å². The summed E-state index contributed by atoms with van der Waals surface area (Å²) >= 11 is 6.93. The van der Waals surface area contributed by atoms with Crippen molar-refractivity contribution in [2.45, 2.75) is 97.2 Å². The fourth-order valence-corrected chi connectivity index (χ4v) is 5.97. The summed E-state index contributed by atoms with van der Waals surface area (Å²) in [7, 11) is 0. The first kappa shape index (κ1) is 27.9. The quantitative estimate of drug-likeness (QED) is 0.125. The summed E-state index contributed by atoms with van der Waals surface area (Å²) in [5.74, 6) is -2.22. The minimum atomic E-state index is -2.22. The van der Waals surface area contributed by atoms with Gasteiger partial charge in [-0.2, -0.15) is 0 Å². The van der Waals surface area contributed by atoms with Crippen molar-refractivity contribution in [2.75, 3.05) is 33.2 Å². The number of aryl methyl sites for hydroxylation is 1. The second-order valence-corrected chi connectivity index (χ2v) is 19.0. The van der Waals surface area contributed by atoms with E-state index in [0.717, 1.165) is 38.9 Å². The Labute approximate surface area is 192 Å². The molecule has 0 amide bonds. The van der Waals surface area contributed by atoms with E-state index in [-0.39, 0.29) is 6.29 Å². The van der Waals surface area contributed by atoms with Crippen LogP contribution in [-0.2, 0) is 15.9 Å². The molecule has 0 fully saturated rings. The van der Waals surface area contributed by atoms with Gasteiger partial charge in [0.05, 0.1) is 0 Å². The van der Waals surface area contributed by atoms with Gasteiger partial charge in [0, 0.05) is 13.2 Å². The van der Waals surface area contributed by atoms with Gasteiger partial charge in [-0.05, 0) is 12.8 Å². The zero-order valence-corrected chi connectivity index (χ0v) is 22.1. The Morgan fingerprint density at radius 2 is 1.30 bits per heavy atom. The summed E-state index contributed by atoms with van der Waals surface area (Å²) < 4.78 is 11.9. The first-order valence-corrected chi connectivity index (χ1v) is 16.8. The number of ether oxygens (including phenoxy) is 2. The molecule has 2 nitrogen and oxygen atoms in total. The van der Waals surface area contributed by atoms with Gasteiger partial charge >= 0.3 is 139 Å². The number of unbranched alkanes of at least 4 members (excludes halogenated alkanes) is 7. The molecule has 0 saturated heterocycles. The van der Waals surface area contributed by atoms with Crippen molar-refractivity contribution >= 4 is 22.5 Å². The molecule has 1 aromatic carbocycles. The van der Waals surface area contributed by atoms with E-state index in [1.54, 1.807) is 0 Å². The third-order valence-electron chi connectivity index (χ3n) is 5.54. The van der Waals surface area contributed by atoms with Gasteiger partial charge in [-0.15, -0.1) is 0 Å². The first-order chi connectivity index (χ1) is 14.2. The van der Waals surface area contributed by atoms with E-state index in [1.165, 1.54) is 62.2 Å². The number of halogens is 1. The molecule has 0 aliphatic heterocycles. The van der Waals surface area contributed by atoms with Gasteiger partial charge < -0.3 is 0 Å². The van der Waals surface area contributed by atoms with Crippen molar-refractivity contribution in [3.63, 3.8) is 0 Å². The molecule has 30 heavy (non-hydrogen) atoms. The van der Waals surface area contributed by atoms with Gasteiger partial charge in [-0.3, -0.25) is 0 Å². The first-order valence-electron chi connectivity index (χ1n) is 12.3. The Morgan fingerprint density at radius 1 is 0.767 bits per heavy atom. The van der Waals surface area contributed by atoms with Gasteiger partial charge in [-0.25, -0.2) is 0 Å². The molecular formula is C26H48ClO2P. The summed E-state index contributed by atoms with van der Waals surface area (Å²) in [5, 5.41) is 1.39. The topological polar surface area (TPSA) is 18.5 Å². The Kier molecular flexibility index (Phi) is 13.8. The normalized spacial score (nSPS) is 13.5. The Hall–Kier alpha value is -0.140. The van der Waals surface area contributed by atoms with Crippen LogP contribution in [0.25, 0.3) is 0 Å². The van der Waals surface area contributed by atoms with E-state index in [2.05, 4.69) is 58.1 Å². The second-order valence-electron chi connectivity index (χ2n) is 9.77. The van der Waals surface area contributed by atoms with Crippen molar-refractivity contribution in [3.8, 4) is 0 Å². The van der Waals surface area contributed by atoms with E-state index < -0.39 is 5.96 Å². The van der Waals surface area contributed by atoms with Gasteiger partial charge in [0.1, 0.15) is 0 Å². The predicted molar refractivity (Wildman–Crippen MR) is 138 cm³/mol. The third kappa shape index (κ3) is 12.7. The minimum absolute atomic E-state index is 0.00351. The average Bonchev–Trinajstić information content (AvgIpc) is 2.69. The number of hydrogen-bond acceptors (Lipinski definition) is 2. The van der Waals surface area contributed by atoms with E-state index in [0.29, 0.717) is 0 Å². The van der Waals surface area contributed by atoms with Crippen LogP contribution in [0.4, 0.5) is 0 Å². The van der Waals surface area contributed by atoms with E-state index in [9.17, 15) is 0 Å². The van der Waals surface area contributed by atoms with Crippen molar-refractivity contribution in [3.05, 3.63) is 29.8 Å². The van der Waals surface area contributed by atoms with Gasteiger partial charge in [-0.1, -0.05) is 26.7 Å². The molecule has 0 radical (unpaired) electrons. The average molecular weight is 459 g/mol. The van der Waals surface area contributed by atoms with Crippen LogP contribution in [0, 0.1) is 0 Å². The summed E-state index contributed by atoms with van der Waals surface area (Å²) in [6.07, 6.45) is 14.4. The summed E-state index contributed by atoms with van der Waals surface area (Å²) in [6, 6.07) is 8.79. The molecule has 0 aromatic heterocycles. The molecule has 0 aliphatic carbocycles. The maximum absolute atomic E-state index is 6.93. The summed E-state index contributed by atoms with van der Waals surface area (Å²) in [5.41, 5.74) is 1.45. The standard InChI is InChI=1S/C26H48ClO2P/c1-6-8-22-28-26(29-23-9-7-2)21-15-13-11-10-12-14-18-24-19-16-17-20-25(24)30(3,4,5)27/h16-17,19-20,26H,6-15,18,21-23H2,1-5H3. The van der Waals surface area contributed by atoms with Crippen LogP contribution < -0.4 is 5.30 Å². The van der Waals surface area contributed by atoms with Crippen LogP contribution >= 0.6 is 17.2 Å². The van der Waals surface area contributed by atoms with Crippen LogP contribution in [0.5, 0.6) is 0 Å². The Bertz CT molecular complexity index is 548. The molecule has 0 spiro atoms. The SMILES string of the molecule is CCCCOC(CCCCCCCCc1ccccc1P(C)(C)(C)Cl)OCCCC. The monoisotopic (exact) mass is 458 g/mol. The molecule has 0 N–H and O–H groups in total. The van der Waals surface area contributed by atoms with Crippen molar-refractivity contribution in [2.24, 2.45) is 0 Å². The molecule has 0 bridgehead atoms. The zero-order valence-electron chi connectivity index (χ0n) is 20.4. The number of hydrogen-bond donors (Lipinski definition) is 0. The third-order valence-corrected chi connectivity index (χ3v) is 8.15. The molecule has 0 saturated carbocycles. The van der Waals surface area contributed by atoms with Gasteiger partial charge in [0.25, 0.3) is 0 Å². The molecule has 1 rings (SSSR count). The van der Waals surface area contributed by atoms with E-state index in [4.69, 9.17) is 20.7 Å². The van der Waals surface area contributed by atoms with Gasteiger partial charge in [0.2, 0.25) is 0 Å². The van der Waals surface area contributed by atoms with Crippen LogP contribution in [0.2, 0.25) is 0 Å². The molecular weight excluding hydrogens is 411 g/mol. The fraction of sp³-hybridized carbons (Fsp3) is 0.769. The number of benzene rings is 1. The van der Waals surface area contributed by atoms with Crippen molar-refractivity contribution in [1.82, 2.24) is 0 Å². The Balaban J connectivity index is 2.22. The summed E-state index contributed by atoms with van der Waals surface area (Å²) in [6.45, 7) is 12.8. The smallest absolute Gasteiger partial charge is 0.0653 e. The minimum Gasteiger partial charge on any atom is -0.0653 e. The summed E-state index contributed by atoms with van der Waals surface area (Å²) in [4.78, 5) is 0. The Morgan fingerprint density at radius 3 is 1.87 bits per heavy atom. The second kappa shape index (κ2) is 14.8. The molecule has 4 heteroatoms. The van der Waals surface area contributed by atoms with Crippen molar-refractivity contribution < 1.29 is 9.47 Å². The molecule has 176 valence electrons. The zero-order chi connectivity index (χ0) is 22.3. The van der Waals surface area contributed by atoms with Crippen LogP contribution in [0.3, 0.4) is 0 Å². The fourth-order valence-electron chi connectivity index (χ4n) is 3.73. The molecule has 0 unspecified atom stereocenters.